The SMILES string of the molecule is CC(=O)OC[n+]1cnn(C[C@](O)(c2ccc(F)cc2F)[C@@H](O)N2CCN(c3ccc(-n4cnnn4)cc3)C2=O)c1. The molecule has 4 aromatic rings. The summed E-state index contributed by atoms with van der Waals surface area (Å²) in [5.41, 5.74) is -1.74. The first kappa shape index (κ1) is 26.8. The summed E-state index contributed by atoms with van der Waals surface area (Å²) in [5, 5.41) is 38.2. The number of aromatic nitrogens is 7. The molecule has 0 saturated carbocycles. The zero-order valence-corrected chi connectivity index (χ0v) is 21.1. The highest BCUT2D eigenvalue weighted by Gasteiger charge is 2.49. The lowest BCUT2D eigenvalue weighted by Crippen LogP contribution is -2.54. The van der Waals surface area contributed by atoms with Crippen LogP contribution in [0.3, 0.4) is 0 Å². The smallest absolute Gasteiger partial charge is 0.326 e. The fourth-order valence-corrected chi connectivity index (χ4v) is 4.41. The third kappa shape index (κ3) is 5.21. The normalized spacial score (nSPS) is 15.8. The van der Waals surface area contributed by atoms with Gasteiger partial charge in [0, 0.05) is 42.4 Å². The lowest BCUT2D eigenvalue weighted by molar-refractivity contribution is -0.728. The van der Waals surface area contributed by atoms with E-state index >= 15 is 0 Å². The summed E-state index contributed by atoms with van der Waals surface area (Å²) in [4.78, 5) is 26.9. The molecule has 208 valence electrons. The number of nitrogens with zero attached hydrogens (tertiary/aromatic N) is 9. The van der Waals surface area contributed by atoms with Gasteiger partial charge in [0.15, 0.2) is 11.8 Å². The molecule has 40 heavy (non-hydrogen) atoms. The van der Waals surface area contributed by atoms with Crippen molar-refractivity contribution in [1.29, 1.82) is 0 Å². The number of carbonyl (C=O) groups excluding carboxylic acids is 2. The second-order valence-corrected chi connectivity index (χ2v) is 9.04. The van der Waals surface area contributed by atoms with Gasteiger partial charge in [-0.05, 0) is 46.8 Å². The third-order valence-electron chi connectivity index (χ3n) is 6.39. The maximum absolute atomic E-state index is 15.0. The minimum atomic E-state index is -2.46. The Bertz CT molecular complexity index is 1520. The molecule has 0 unspecified atom stereocenters. The van der Waals surface area contributed by atoms with E-state index in [2.05, 4.69) is 20.6 Å². The number of aliphatic hydroxyl groups is 2. The number of hydrogen-bond donors (Lipinski definition) is 2. The number of rotatable bonds is 9. The highest BCUT2D eigenvalue weighted by atomic mass is 19.1. The molecular formula is C24H24F2N9O5+. The topological polar surface area (TPSA) is 156 Å². The molecule has 3 heterocycles. The number of tetrazole rings is 1. The van der Waals surface area contributed by atoms with Crippen LogP contribution in [0.4, 0.5) is 19.3 Å². The monoisotopic (exact) mass is 556 g/mol. The molecule has 2 amide bonds. The molecule has 1 aliphatic heterocycles. The fraction of sp³-hybridized carbons (Fsp3) is 0.292. The van der Waals surface area contributed by atoms with E-state index in [1.807, 2.05) is 0 Å². The van der Waals surface area contributed by atoms with Gasteiger partial charge in [-0.15, -0.1) is 9.78 Å². The highest BCUT2D eigenvalue weighted by Crippen LogP contribution is 2.34. The van der Waals surface area contributed by atoms with Gasteiger partial charge in [0.1, 0.15) is 24.5 Å². The van der Waals surface area contributed by atoms with Gasteiger partial charge in [-0.1, -0.05) is 0 Å². The van der Waals surface area contributed by atoms with Crippen molar-refractivity contribution in [3.05, 3.63) is 78.6 Å². The van der Waals surface area contributed by atoms with Crippen molar-refractivity contribution in [3.8, 4) is 5.69 Å². The molecule has 2 N–H and O–H groups in total. The Morgan fingerprint density at radius 3 is 2.60 bits per heavy atom. The van der Waals surface area contributed by atoms with E-state index < -0.39 is 47.6 Å². The van der Waals surface area contributed by atoms with Gasteiger partial charge in [0.25, 0.3) is 6.33 Å². The maximum atomic E-state index is 15.0. The summed E-state index contributed by atoms with van der Waals surface area (Å²) in [6, 6.07) is 8.60. The first-order chi connectivity index (χ1) is 19.2. The Morgan fingerprint density at radius 1 is 1.18 bits per heavy atom. The predicted octanol–water partition coefficient (Wildman–Crippen LogP) is 0.0935. The van der Waals surface area contributed by atoms with E-state index in [9.17, 15) is 28.6 Å². The third-order valence-corrected chi connectivity index (χ3v) is 6.39. The summed E-state index contributed by atoms with van der Waals surface area (Å²) in [7, 11) is 0. The van der Waals surface area contributed by atoms with Crippen molar-refractivity contribution in [3.63, 3.8) is 0 Å². The Balaban J connectivity index is 1.41. The zero-order valence-electron chi connectivity index (χ0n) is 21.1. The number of hydrogen-bond acceptors (Lipinski definition) is 9. The van der Waals surface area contributed by atoms with Crippen LogP contribution in [0.5, 0.6) is 0 Å². The van der Waals surface area contributed by atoms with E-state index in [4.69, 9.17) is 4.74 Å². The standard InChI is InChI=1S/C24H24F2N9O5/c1-16(36)40-15-31-13-28-32(14-31)11-24(39,20-7-2-17(25)10-21(20)26)22(37)34-9-8-33(23(34)38)18-3-5-19(6-4-18)35-12-27-29-30-35/h2-7,10,12-14,22,37,39H,8-9,11,15H2,1H3/q+1/t22-,24+/m1/s1. The van der Waals surface area contributed by atoms with Crippen molar-refractivity contribution < 1.29 is 37.9 Å². The number of ether oxygens (including phenoxy) is 1. The first-order valence-corrected chi connectivity index (χ1v) is 12.0. The Labute approximate surface area is 225 Å². The van der Waals surface area contributed by atoms with E-state index in [0.717, 1.165) is 17.0 Å². The number of aliphatic hydroxyl groups excluding tert-OH is 1. The summed E-state index contributed by atoms with van der Waals surface area (Å²) in [6.45, 7) is 0.676. The lowest BCUT2D eigenvalue weighted by atomic mass is 9.90. The number of halogens is 2. The average molecular weight is 557 g/mol. The van der Waals surface area contributed by atoms with Gasteiger partial charge in [0.2, 0.25) is 13.1 Å². The van der Waals surface area contributed by atoms with Gasteiger partial charge in [-0.3, -0.25) is 14.6 Å². The Morgan fingerprint density at radius 2 is 1.93 bits per heavy atom. The molecule has 5 rings (SSSR count). The van der Waals surface area contributed by atoms with Gasteiger partial charge >= 0.3 is 12.0 Å². The van der Waals surface area contributed by atoms with E-state index in [1.54, 1.807) is 24.3 Å². The van der Waals surface area contributed by atoms with Crippen LogP contribution in [0.25, 0.3) is 5.69 Å². The minimum Gasteiger partial charge on any atom is -0.431 e. The van der Waals surface area contributed by atoms with Gasteiger partial charge in [-0.25, -0.2) is 22.8 Å². The number of benzene rings is 2. The van der Waals surface area contributed by atoms with E-state index in [-0.39, 0.29) is 19.8 Å². The van der Waals surface area contributed by atoms with Crippen LogP contribution in [-0.2, 0) is 28.4 Å². The summed E-state index contributed by atoms with van der Waals surface area (Å²) < 4.78 is 37.6. The average Bonchev–Trinajstić information content (AvgIpc) is 3.69. The molecule has 2 aromatic carbocycles. The summed E-state index contributed by atoms with van der Waals surface area (Å²) in [5.74, 6) is -2.53. The van der Waals surface area contributed by atoms with Gasteiger partial charge in [-0.2, -0.15) is 0 Å². The van der Waals surface area contributed by atoms with Crippen molar-refractivity contribution in [2.24, 2.45) is 0 Å². The molecule has 0 aliphatic carbocycles. The van der Waals surface area contributed by atoms with Crippen LogP contribution in [-0.4, -0.2) is 76.4 Å². The molecule has 1 saturated heterocycles. The molecule has 2 aromatic heterocycles. The second-order valence-electron chi connectivity index (χ2n) is 9.04. The lowest BCUT2D eigenvalue weighted by Gasteiger charge is -2.36. The molecule has 0 radical (unpaired) electrons. The fourth-order valence-electron chi connectivity index (χ4n) is 4.41. The second kappa shape index (κ2) is 10.7. The first-order valence-electron chi connectivity index (χ1n) is 12.0. The summed E-state index contributed by atoms with van der Waals surface area (Å²) >= 11 is 0. The van der Waals surface area contributed by atoms with Crippen LogP contribution in [0, 0.1) is 11.6 Å². The number of urea groups is 1. The zero-order chi connectivity index (χ0) is 28.4. The van der Waals surface area contributed by atoms with Crippen LogP contribution in [0.2, 0.25) is 0 Å². The van der Waals surface area contributed by atoms with Gasteiger partial charge in [0.05, 0.1) is 5.69 Å². The predicted molar refractivity (Wildman–Crippen MR) is 129 cm³/mol. The van der Waals surface area contributed by atoms with Crippen molar-refractivity contribution in [1.82, 2.24) is 34.9 Å². The summed E-state index contributed by atoms with van der Waals surface area (Å²) in [6.07, 6.45) is 2.10. The van der Waals surface area contributed by atoms with Crippen LogP contribution >= 0.6 is 0 Å². The Kier molecular flexibility index (Phi) is 7.19. The molecular weight excluding hydrogens is 532 g/mol. The van der Waals surface area contributed by atoms with Crippen molar-refractivity contribution in [2.75, 3.05) is 18.0 Å². The largest absolute Gasteiger partial charge is 0.431 e. The van der Waals surface area contributed by atoms with E-state index in [1.165, 1.54) is 44.7 Å². The van der Waals surface area contributed by atoms with Crippen LogP contribution in [0.15, 0.2) is 61.4 Å². The maximum Gasteiger partial charge on any atom is 0.326 e. The highest BCUT2D eigenvalue weighted by molar-refractivity contribution is 5.94. The molecule has 0 bridgehead atoms. The number of amides is 2. The van der Waals surface area contributed by atoms with Crippen molar-refractivity contribution >= 4 is 17.7 Å². The molecule has 0 spiro atoms. The molecule has 2 atom stereocenters. The minimum absolute atomic E-state index is 0.00850. The van der Waals surface area contributed by atoms with Crippen LogP contribution < -0.4 is 9.47 Å². The van der Waals surface area contributed by atoms with E-state index in [0.29, 0.717) is 17.4 Å². The molecule has 1 fully saturated rings. The Hall–Kier alpha value is -4.83. The quantitative estimate of drug-likeness (QED) is 0.216. The molecule has 1 aliphatic rings. The molecule has 16 heteroatoms. The van der Waals surface area contributed by atoms with Crippen molar-refractivity contribution in [2.45, 2.75) is 32.0 Å². The number of esters is 1. The number of anilines is 1. The van der Waals surface area contributed by atoms with Crippen LogP contribution in [0.1, 0.15) is 12.5 Å². The number of carbonyl (C=O) groups is 2. The van der Waals surface area contributed by atoms with Gasteiger partial charge < -0.3 is 14.9 Å². The molecule has 14 nitrogen and oxygen atoms in total.